The van der Waals surface area contributed by atoms with Crippen molar-refractivity contribution in [1.29, 1.82) is 0 Å². The van der Waals surface area contributed by atoms with Crippen LogP contribution in [0.2, 0.25) is 0 Å². The van der Waals surface area contributed by atoms with E-state index >= 15 is 0 Å². The monoisotopic (exact) mass is 698 g/mol. The lowest BCUT2D eigenvalue weighted by atomic mass is 9.57. The zero-order valence-electron chi connectivity index (χ0n) is 37.8. The average molecular weight is 698 g/mol. The van der Waals surface area contributed by atoms with Gasteiger partial charge in [0.05, 0.1) is 0 Å². The molecule has 3 heterocycles. The SMILES string of the molecule is C.CC.CC.CC.CC(C)C1(C(C)(C)C)CCCCCN1.CC(C)C1(C(C)(C)C)CCCCNC1.CC(C)C1(C(C)(C)C)CCCNCC1. The fraction of sp³-hybridized carbons (Fsp3) is 1.00. The van der Waals surface area contributed by atoms with Crippen molar-refractivity contribution in [2.75, 3.05) is 32.7 Å². The van der Waals surface area contributed by atoms with Gasteiger partial charge < -0.3 is 16.0 Å². The van der Waals surface area contributed by atoms with Crippen molar-refractivity contribution in [3.63, 3.8) is 0 Å². The Balaban J connectivity index is -0.000000284. The van der Waals surface area contributed by atoms with Gasteiger partial charge in [-0.3, -0.25) is 0 Å². The van der Waals surface area contributed by atoms with Gasteiger partial charge in [-0.05, 0) is 116 Å². The minimum Gasteiger partial charge on any atom is -0.317 e. The lowest BCUT2D eigenvalue weighted by molar-refractivity contribution is 0.0167. The van der Waals surface area contributed by atoms with E-state index in [1.54, 1.807) is 0 Å². The third-order valence-electron chi connectivity index (χ3n) is 12.6. The highest BCUT2D eigenvalue weighted by Gasteiger charge is 2.45. The topological polar surface area (TPSA) is 36.1 Å². The summed E-state index contributed by atoms with van der Waals surface area (Å²) in [5.41, 5.74) is 2.60. The van der Waals surface area contributed by atoms with Crippen LogP contribution in [-0.4, -0.2) is 38.3 Å². The van der Waals surface area contributed by atoms with E-state index in [-0.39, 0.29) is 7.43 Å². The maximum Gasteiger partial charge on any atom is 0.0252 e. The van der Waals surface area contributed by atoms with E-state index in [2.05, 4.69) is 120 Å². The van der Waals surface area contributed by atoms with E-state index in [9.17, 15) is 0 Å². The molecular formula is C46H103N3. The van der Waals surface area contributed by atoms with Crippen LogP contribution in [0.25, 0.3) is 0 Å². The number of hydrogen-bond donors (Lipinski definition) is 3. The summed E-state index contributed by atoms with van der Waals surface area (Å²) in [5, 5.41) is 11.0. The van der Waals surface area contributed by atoms with Crippen LogP contribution in [0, 0.1) is 44.8 Å². The number of rotatable bonds is 3. The first kappa shape index (κ1) is 55.6. The second kappa shape index (κ2) is 26.6. The van der Waals surface area contributed by atoms with Gasteiger partial charge in [-0.25, -0.2) is 0 Å². The molecule has 3 N–H and O–H groups in total. The first-order valence-corrected chi connectivity index (χ1v) is 21.4. The Labute approximate surface area is 315 Å². The molecule has 0 aromatic rings. The minimum atomic E-state index is 0. The number of hydrogen-bond acceptors (Lipinski definition) is 3. The largest absolute Gasteiger partial charge is 0.317 e. The van der Waals surface area contributed by atoms with Gasteiger partial charge in [0.2, 0.25) is 0 Å². The number of nitrogens with one attached hydrogen (secondary N) is 3. The van der Waals surface area contributed by atoms with Gasteiger partial charge in [-0.15, -0.1) is 0 Å². The molecule has 0 amide bonds. The van der Waals surface area contributed by atoms with Gasteiger partial charge in [0.25, 0.3) is 0 Å². The highest BCUT2D eigenvalue weighted by molar-refractivity contribution is 5.01. The second-order valence-corrected chi connectivity index (χ2v) is 18.5. The van der Waals surface area contributed by atoms with Gasteiger partial charge >= 0.3 is 0 Å². The fourth-order valence-corrected chi connectivity index (χ4v) is 9.48. The summed E-state index contributed by atoms with van der Waals surface area (Å²) in [6, 6.07) is 0. The molecule has 49 heavy (non-hydrogen) atoms. The Morgan fingerprint density at radius 1 is 0.408 bits per heavy atom. The summed E-state index contributed by atoms with van der Waals surface area (Å²) in [6.45, 7) is 53.9. The van der Waals surface area contributed by atoms with Crippen molar-refractivity contribution >= 4 is 0 Å². The minimum absolute atomic E-state index is 0. The highest BCUT2D eigenvalue weighted by Crippen LogP contribution is 2.51. The molecule has 3 aliphatic heterocycles. The van der Waals surface area contributed by atoms with Crippen LogP contribution < -0.4 is 16.0 Å². The molecule has 0 aliphatic carbocycles. The van der Waals surface area contributed by atoms with Gasteiger partial charge in [0.1, 0.15) is 0 Å². The fourth-order valence-electron chi connectivity index (χ4n) is 9.48. The lowest BCUT2D eigenvalue weighted by Gasteiger charge is -2.48. The molecule has 0 bridgehead atoms. The molecule has 0 saturated carbocycles. The average Bonchev–Trinajstić information content (AvgIpc) is 3.54. The van der Waals surface area contributed by atoms with Crippen molar-refractivity contribution in [2.24, 2.45) is 44.8 Å². The molecule has 3 nitrogen and oxygen atoms in total. The second-order valence-electron chi connectivity index (χ2n) is 18.5. The molecule has 3 atom stereocenters. The molecule has 3 saturated heterocycles. The summed E-state index contributed by atoms with van der Waals surface area (Å²) in [4.78, 5) is 0. The summed E-state index contributed by atoms with van der Waals surface area (Å²) in [7, 11) is 0. The zero-order chi connectivity index (χ0) is 38.5. The Morgan fingerprint density at radius 2 is 0.837 bits per heavy atom. The van der Waals surface area contributed by atoms with Crippen LogP contribution >= 0.6 is 0 Å². The molecule has 3 heteroatoms. The van der Waals surface area contributed by atoms with E-state index in [0.29, 0.717) is 32.6 Å². The van der Waals surface area contributed by atoms with Crippen LogP contribution in [0.5, 0.6) is 0 Å². The molecule has 0 aromatic heterocycles. The van der Waals surface area contributed by atoms with E-state index < -0.39 is 0 Å². The summed E-state index contributed by atoms with van der Waals surface area (Å²) >= 11 is 0. The Bertz CT molecular complexity index is 605. The lowest BCUT2D eigenvalue weighted by Crippen LogP contribution is -2.58. The van der Waals surface area contributed by atoms with Crippen LogP contribution in [0.4, 0.5) is 0 Å². The zero-order valence-corrected chi connectivity index (χ0v) is 37.8. The summed E-state index contributed by atoms with van der Waals surface area (Å²) in [5.74, 6) is 2.29. The van der Waals surface area contributed by atoms with Gasteiger partial charge in [0, 0.05) is 12.1 Å². The van der Waals surface area contributed by atoms with Crippen LogP contribution in [0.3, 0.4) is 0 Å². The Morgan fingerprint density at radius 3 is 1.27 bits per heavy atom. The molecule has 0 spiro atoms. The summed E-state index contributed by atoms with van der Waals surface area (Å²) < 4.78 is 0. The standard InChI is InChI=1S/3C13H27N.3C2H6.CH4/c1-11(2)13(12(3,4)5)7-6-9-14-10-8-13;1-11(2)13(12(3,4)5)8-6-7-9-14-10-13;1-11(2)13(12(3,4)5)9-7-6-8-10-14-13;3*1-2;/h3*11,14H,6-10H2,1-5H3;3*1-2H3;1H4. The molecule has 3 aliphatic rings. The first-order chi connectivity index (χ1) is 22.2. The van der Waals surface area contributed by atoms with Crippen LogP contribution in [0.1, 0.15) is 217 Å². The quantitative estimate of drug-likeness (QED) is 0.275. The Hall–Kier alpha value is -0.120. The highest BCUT2D eigenvalue weighted by atomic mass is 15.0. The molecule has 0 aromatic carbocycles. The Kier molecular flexibility index (Phi) is 30.2. The van der Waals surface area contributed by atoms with Crippen molar-refractivity contribution in [1.82, 2.24) is 16.0 Å². The molecule has 302 valence electrons. The molecule has 0 radical (unpaired) electrons. The molecule has 3 rings (SSSR count). The van der Waals surface area contributed by atoms with Crippen molar-refractivity contribution in [2.45, 2.75) is 223 Å². The smallest absolute Gasteiger partial charge is 0.0252 e. The first-order valence-electron chi connectivity index (χ1n) is 21.4. The maximum atomic E-state index is 3.83. The summed E-state index contributed by atoms with van der Waals surface area (Å²) in [6.07, 6.45) is 13.7. The van der Waals surface area contributed by atoms with Gasteiger partial charge in [-0.1, -0.05) is 172 Å². The van der Waals surface area contributed by atoms with Gasteiger partial charge in [0.15, 0.2) is 0 Å². The predicted molar refractivity (Wildman–Crippen MR) is 231 cm³/mol. The van der Waals surface area contributed by atoms with Crippen LogP contribution in [0.15, 0.2) is 0 Å². The molecule has 3 unspecified atom stereocenters. The van der Waals surface area contributed by atoms with Crippen molar-refractivity contribution in [3.8, 4) is 0 Å². The van der Waals surface area contributed by atoms with Crippen molar-refractivity contribution in [3.05, 3.63) is 0 Å². The molecule has 3 fully saturated rings. The normalized spacial score (nSPS) is 26.4. The van der Waals surface area contributed by atoms with E-state index in [1.807, 2.05) is 41.5 Å². The van der Waals surface area contributed by atoms with Crippen LogP contribution in [-0.2, 0) is 0 Å². The molecular weight excluding hydrogens is 595 g/mol. The maximum absolute atomic E-state index is 3.83. The van der Waals surface area contributed by atoms with E-state index in [0.717, 1.165) is 17.8 Å². The van der Waals surface area contributed by atoms with E-state index in [1.165, 1.54) is 96.9 Å². The van der Waals surface area contributed by atoms with Crippen molar-refractivity contribution < 1.29 is 0 Å². The predicted octanol–water partition coefficient (Wildman–Crippen LogP) is 14.2. The third kappa shape index (κ3) is 16.6. The van der Waals surface area contributed by atoms with Gasteiger partial charge in [-0.2, -0.15) is 0 Å². The third-order valence-corrected chi connectivity index (χ3v) is 12.6. The van der Waals surface area contributed by atoms with E-state index in [4.69, 9.17) is 0 Å².